The fourth-order valence-electron chi connectivity index (χ4n) is 4.41. The van der Waals surface area contributed by atoms with E-state index >= 15 is 0 Å². The number of β-amino-alcohol motifs (C(OH)–C–C–N with tert-alkyl or cyclic N) is 1. The van der Waals surface area contributed by atoms with Gasteiger partial charge >= 0.3 is 0 Å². The van der Waals surface area contributed by atoms with Crippen LogP contribution in [-0.4, -0.2) is 61.9 Å². The van der Waals surface area contributed by atoms with E-state index in [1.165, 1.54) is 5.56 Å². The highest BCUT2D eigenvalue weighted by Crippen LogP contribution is 2.28. The molecule has 1 aliphatic rings. The summed E-state index contributed by atoms with van der Waals surface area (Å²) in [5, 5.41) is 23.2. The molecule has 0 spiro atoms. The van der Waals surface area contributed by atoms with E-state index in [1.54, 1.807) is 6.07 Å². The van der Waals surface area contributed by atoms with Crippen molar-refractivity contribution in [3.8, 4) is 5.75 Å². The Hall–Kier alpha value is -2.64. The first kappa shape index (κ1) is 20.6. The smallest absolute Gasteiger partial charge is 0.204 e. The van der Waals surface area contributed by atoms with Gasteiger partial charge in [-0.2, -0.15) is 0 Å². The minimum Gasteiger partial charge on any atom is -0.506 e. The fourth-order valence-corrected chi connectivity index (χ4v) is 4.41. The molecular formula is C23H31N5O2. The molecule has 1 saturated heterocycles. The summed E-state index contributed by atoms with van der Waals surface area (Å²) in [6, 6.07) is 8.13. The first-order valence-corrected chi connectivity index (χ1v) is 10.7. The van der Waals surface area contributed by atoms with Gasteiger partial charge in [-0.05, 0) is 62.9 Å². The summed E-state index contributed by atoms with van der Waals surface area (Å²) in [6.07, 6.45) is 2.02. The highest BCUT2D eigenvalue weighted by atomic mass is 16.3. The van der Waals surface area contributed by atoms with Crippen molar-refractivity contribution in [2.75, 3.05) is 31.6 Å². The van der Waals surface area contributed by atoms with Crippen molar-refractivity contribution < 1.29 is 10.2 Å². The predicted octanol–water partition coefficient (Wildman–Crippen LogP) is 2.98. The third-order valence-electron chi connectivity index (χ3n) is 5.91. The molecule has 0 bridgehead atoms. The van der Waals surface area contributed by atoms with Crippen LogP contribution in [0.4, 0.5) is 5.95 Å². The van der Waals surface area contributed by atoms with Gasteiger partial charge in [-0.1, -0.05) is 6.07 Å². The number of likely N-dealkylation sites (tertiary alicyclic amines) is 1. The van der Waals surface area contributed by atoms with E-state index < -0.39 is 0 Å². The van der Waals surface area contributed by atoms with Crippen LogP contribution in [0.3, 0.4) is 0 Å². The minimum atomic E-state index is 0.204. The molecule has 7 heteroatoms. The zero-order valence-electron chi connectivity index (χ0n) is 18.0. The number of piperidine rings is 1. The van der Waals surface area contributed by atoms with Crippen LogP contribution in [0.15, 0.2) is 24.3 Å². The average Bonchev–Trinajstić information content (AvgIpc) is 3.03. The molecule has 4 rings (SSSR count). The summed E-state index contributed by atoms with van der Waals surface area (Å²) in [5.74, 6) is 1.03. The van der Waals surface area contributed by atoms with Gasteiger partial charge in [0.25, 0.3) is 0 Å². The second-order valence-electron chi connectivity index (χ2n) is 8.37. The molecule has 1 aromatic carbocycles. The summed E-state index contributed by atoms with van der Waals surface area (Å²) >= 11 is 0. The lowest BCUT2D eigenvalue weighted by Gasteiger charge is -2.32. The van der Waals surface area contributed by atoms with Crippen molar-refractivity contribution in [1.29, 1.82) is 0 Å². The normalized spacial score (nSPS) is 15.7. The summed E-state index contributed by atoms with van der Waals surface area (Å²) in [5.41, 5.74) is 5.91. The molecule has 0 atom stereocenters. The second-order valence-corrected chi connectivity index (χ2v) is 8.37. The summed E-state index contributed by atoms with van der Waals surface area (Å²) < 4.78 is 2.14. The second kappa shape index (κ2) is 8.62. The molecule has 0 aliphatic carbocycles. The minimum absolute atomic E-state index is 0.204. The largest absolute Gasteiger partial charge is 0.506 e. The van der Waals surface area contributed by atoms with Gasteiger partial charge in [0, 0.05) is 31.4 Å². The molecule has 160 valence electrons. The van der Waals surface area contributed by atoms with Crippen LogP contribution in [-0.2, 0) is 6.54 Å². The van der Waals surface area contributed by atoms with Gasteiger partial charge in [-0.25, -0.2) is 4.98 Å². The zero-order valence-corrected chi connectivity index (χ0v) is 18.0. The number of aliphatic hydroxyl groups excluding tert-OH is 1. The lowest BCUT2D eigenvalue weighted by atomic mass is 10.1. The molecule has 30 heavy (non-hydrogen) atoms. The molecule has 1 fully saturated rings. The van der Waals surface area contributed by atoms with Gasteiger partial charge in [0.15, 0.2) is 0 Å². The Bertz CT molecular complexity index is 1040. The number of aromatic hydroxyl groups is 1. The molecule has 3 aromatic rings. The standard InChI is InChI=1S/C23H31N5O2/c1-15-12-16(2)22-19(13-15)26-23(25-18-6-8-27(9-7-18)10-11-29)28(22)14-20-21(30)5-4-17(3)24-20/h4-5,12-13,18,29-30H,6-11,14H2,1-3H3,(H,25,26). The maximum absolute atomic E-state index is 10.4. The van der Waals surface area contributed by atoms with Gasteiger partial charge in [-0.15, -0.1) is 0 Å². The van der Waals surface area contributed by atoms with E-state index in [0.717, 1.165) is 60.7 Å². The van der Waals surface area contributed by atoms with Crippen LogP contribution in [0.5, 0.6) is 5.75 Å². The van der Waals surface area contributed by atoms with Gasteiger partial charge in [0.05, 0.1) is 24.2 Å². The van der Waals surface area contributed by atoms with Crippen LogP contribution in [0.2, 0.25) is 0 Å². The molecular weight excluding hydrogens is 378 g/mol. The predicted molar refractivity (Wildman–Crippen MR) is 119 cm³/mol. The number of pyridine rings is 1. The maximum Gasteiger partial charge on any atom is 0.204 e. The lowest BCUT2D eigenvalue weighted by Crippen LogP contribution is -2.40. The monoisotopic (exact) mass is 409 g/mol. The van der Waals surface area contributed by atoms with E-state index in [0.29, 0.717) is 18.3 Å². The Balaban J connectivity index is 1.67. The van der Waals surface area contributed by atoms with Crippen molar-refractivity contribution in [3.05, 3.63) is 46.8 Å². The summed E-state index contributed by atoms with van der Waals surface area (Å²) in [7, 11) is 0. The molecule has 3 heterocycles. The van der Waals surface area contributed by atoms with E-state index in [9.17, 15) is 10.2 Å². The SMILES string of the molecule is Cc1cc(C)c2c(c1)nc(NC1CCN(CCO)CC1)n2Cc1nc(C)ccc1O. The van der Waals surface area contributed by atoms with E-state index in [1.807, 2.05) is 13.0 Å². The van der Waals surface area contributed by atoms with Crippen molar-refractivity contribution >= 4 is 17.0 Å². The van der Waals surface area contributed by atoms with Crippen LogP contribution in [0, 0.1) is 20.8 Å². The topological polar surface area (TPSA) is 86.4 Å². The Kier molecular flexibility index (Phi) is 5.92. The first-order valence-electron chi connectivity index (χ1n) is 10.7. The van der Waals surface area contributed by atoms with Crippen molar-refractivity contribution in [2.24, 2.45) is 0 Å². The highest BCUT2D eigenvalue weighted by molar-refractivity contribution is 5.83. The van der Waals surface area contributed by atoms with E-state index in [2.05, 4.69) is 45.7 Å². The number of aryl methyl sites for hydroxylation is 3. The quantitative estimate of drug-likeness (QED) is 0.580. The van der Waals surface area contributed by atoms with Crippen molar-refractivity contribution in [2.45, 2.75) is 46.2 Å². The number of hydrogen-bond donors (Lipinski definition) is 3. The first-order chi connectivity index (χ1) is 14.4. The third kappa shape index (κ3) is 4.27. The van der Waals surface area contributed by atoms with Crippen LogP contribution < -0.4 is 5.32 Å². The zero-order chi connectivity index (χ0) is 21.3. The van der Waals surface area contributed by atoms with Crippen LogP contribution in [0.1, 0.15) is 35.4 Å². The third-order valence-corrected chi connectivity index (χ3v) is 5.91. The number of anilines is 1. The van der Waals surface area contributed by atoms with Gasteiger partial charge in [0.1, 0.15) is 11.4 Å². The van der Waals surface area contributed by atoms with Crippen molar-refractivity contribution in [1.82, 2.24) is 19.4 Å². The Morgan fingerprint density at radius 1 is 1.10 bits per heavy atom. The fraction of sp³-hybridized carbons (Fsp3) is 0.478. The molecule has 0 unspecified atom stereocenters. The number of nitrogens with zero attached hydrogens (tertiary/aromatic N) is 4. The molecule has 0 saturated carbocycles. The summed E-state index contributed by atoms with van der Waals surface area (Å²) in [6.45, 7) is 9.47. The average molecular weight is 410 g/mol. The van der Waals surface area contributed by atoms with Gasteiger partial charge in [-0.3, -0.25) is 4.98 Å². The van der Waals surface area contributed by atoms with Crippen LogP contribution in [0.25, 0.3) is 11.0 Å². The molecule has 0 radical (unpaired) electrons. The number of fused-ring (bicyclic) bond motifs is 1. The Labute approximate surface area is 177 Å². The van der Waals surface area contributed by atoms with Crippen LogP contribution >= 0.6 is 0 Å². The Morgan fingerprint density at radius 3 is 2.60 bits per heavy atom. The number of imidazole rings is 1. The van der Waals surface area contributed by atoms with E-state index in [-0.39, 0.29) is 12.4 Å². The molecule has 2 aromatic heterocycles. The van der Waals surface area contributed by atoms with Crippen molar-refractivity contribution in [3.63, 3.8) is 0 Å². The number of nitrogens with one attached hydrogen (secondary N) is 1. The molecule has 3 N–H and O–H groups in total. The lowest BCUT2D eigenvalue weighted by molar-refractivity contribution is 0.168. The molecule has 0 amide bonds. The molecule has 7 nitrogen and oxygen atoms in total. The maximum atomic E-state index is 10.4. The number of rotatable bonds is 6. The number of benzene rings is 1. The Morgan fingerprint density at radius 2 is 1.87 bits per heavy atom. The number of hydrogen-bond acceptors (Lipinski definition) is 6. The van der Waals surface area contributed by atoms with Gasteiger partial charge < -0.3 is 25.0 Å². The number of aliphatic hydroxyl groups is 1. The van der Waals surface area contributed by atoms with Gasteiger partial charge in [0.2, 0.25) is 5.95 Å². The number of aromatic nitrogens is 3. The van der Waals surface area contributed by atoms with E-state index in [4.69, 9.17) is 4.98 Å². The molecule has 1 aliphatic heterocycles. The highest BCUT2D eigenvalue weighted by Gasteiger charge is 2.22. The summed E-state index contributed by atoms with van der Waals surface area (Å²) in [4.78, 5) is 11.8.